The lowest BCUT2D eigenvalue weighted by molar-refractivity contribution is 0.0662. The predicted molar refractivity (Wildman–Crippen MR) is 84.1 cm³/mol. The van der Waals surface area contributed by atoms with Crippen LogP contribution < -0.4 is 5.32 Å². The van der Waals surface area contributed by atoms with Crippen molar-refractivity contribution in [3.05, 3.63) is 33.8 Å². The van der Waals surface area contributed by atoms with Crippen LogP contribution in [0.2, 0.25) is 10.0 Å². The van der Waals surface area contributed by atoms with Gasteiger partial charge in [-0.1, -0.05) is 23.2 Å². The maximum absolute atomic E-state index is 12.5. The van der Waals surface area contributed by atoms with E-state index in [4.69, 9.17) is 23.2 Å². The average molecular weight is 336 g/mol. The number of halogens is 3. The van der Waals surface area contributed by atoms with Gasteiger partial charge in [0.1, 0.15) is 0 Å². The second kappa shape index (κ2) is 6.52. The van der Waals surface area contributed by atoms with Crippen molar-refractivity contribution in [3.8, 4) is 0 Å². The molecule has 1 aromatic carbocycles. The van der Waals surface area contributed by atoms with Gasteiger partial charge in [-0.05, 0) is 43.5 Å². The van der Waals surface area contributed by atoms with Gasteiger partial charge in [0.05, 0.1) is 10.6 Å². The molecule has 3 rings (SSSR count). The fraction of sp³-hybridized carbons (Fsp3) is 0.500. The minimum absolute atomic E-state index is 0. The van der Waals surface area contributed by atoms with Gasteiger partial charge < -0.3 is 10.2 Å². The van der Waals surface area contributed by atoms with Gasteiger partial charge in [-0.25, -0.2) is 0 Å². The molecule has 0 aliphatic carbocycles. The number of piperidine rings is 1. The zero-order valence-corrected chi connectivity index (χ0v) is 13.3. The summed E-state index contributed by atoms with van der Waals surface area (Å²) < 4.78 is 0. The van der Waals surface area contributed by atoms with Gasteiger partial charge in [0.2, 0.25) is 0 Å². The summed E-state index contributed by atoms with van der Waals surface area (Å²) in [5.41, 5.74) is 0.513. The third-order valence-electron chi connectivity index (χ3n) is 4.10. The van der Waals surface area contributed by atoms with E-state index in [1.54, 1.807) is 18.2 Å². The molecule has 110 valence electrons. The number of hydrogen-bond acceptors (Lipinski definition) is 2. The Kier molecular flexibility index (Phi) is 5.19. The van der Waals surface area contributed by atoms with Crippen molar-refractivity contribution in [2.75, 3.05) is 19.6 Å². The largest absolute Gasteiger partial charge is 0.338 e. The van der Waals surface area contributed by atoms with E-state index >= 15 is 0 Å². The van der Waals surface area contributed by atoms with Gasteiger partial charge in [0.25, 0.3) is 5.91 Å². The Bertz CT molecular complexity index is 509. The Morgan fingerprint density at radius 3 is 2.90 bits per heavy atom. The summed E-state index contributed by atoms with van der Waals surface area (Å²) in [6, 6.07) is 5.62. The van der Waals surface area contributed by atoms with Crippen LogP contribution in [0.3, 0.4) is 0 Å². The van der Waals surface area contributed by atoms with Gasteiger partial charge in [-0.15, -0.1) is 12.4 Å². The number of carbonyl (C=O) groups excluding carboxylic acids is 1. The molecule has 0 radical (unpaired) electrons. The van der Waals surface area contributed by atoms with E-state index in [1.165, 1.54) is 0 Å². The molecule has 0 bridgehead atoms. The molecule has 20 heavy (non-hydrogen) atoms. The van der Waals surface area contributed by atoms with Crippen molar-refractivity contribution in [1.29, 1.82) is 0 Å². The van der Waals surface area contributed by atoms with Crippen LogP contribution in [0.1, 0.15) is 23.2 Å². The first kappa shape index (κ1) is 15.9. The molecular weight excluding hydrogens is 319 g/mol. The van der Waals surface area contributed by atoms with Crippen LogP contribution in [-0.4, -0.2) is 36.5 Å². The average Bonchev–Trinajstić information content (AvgIpc) is 2.88. The smallest absolute Gasteiger partial charge is 0.255 e. The van der Waals surface area contributed by atoms with Crippen LogP contribution in [-0.2, 0) is 0 Å². The van der Waals surface area contributed by atoms with Gasteiger partial charge in [-0.3, -0.25) is 4.79 Å². The quantitative estimate of drug-likeness (QED) is 0.854. The second-order valence-corrected chi connectivity index (χ2v) is 6.12. The van der Waals surface area contributed by atoms with Crippen LogP contribution in [0.4, 0.5) is 0 Å². The van der Waals surface area contributed by atoms with E-state index in [9.17, 15) is 4.79 Å². The molecule has 0 spiro atoms. The van der Waals surface area contributed by atoms with Crippen molar-refractivity contribution in [1.82, 2.24) is 10.2 Å². The fourth-order valence-corrected chi connectivity index (χ4v) is 3.43. The SMILES string of the molecule is Cl.O=C(c1cc(Cl)ccc1Cl)N1CCC2NCCC2C1. The number of fused-ring (bicyclic) bond motifs is 1. The predicted octanol–water partition coefficient (Wildman–Crippen LogP) is 3.24. The van der Waals surface area contributed by atoms with Crippen LogP contribution in [0.5, 0.6) is 0 Å². The Labute approximate surface area is 135 Å². The van der Waals surface area contributed by atoms with Crippen molar-refractivity contribution in [2.45, 2.75) is 18.9 Å². The second-order valence-electron chi connectivity index (χ2n) is 5.27. The van der Waals surface area contributed by atoms with E-state index in [-0.39, 0.29) is 18.3 Å². The first-order valence-corrected chi connectivity index (χ1v) is 7.38. The number of benzene rings is 1. The normalized spacial score (nSPS) is 25.0. The summed E-state index contributed by atoms with van der Waals surface area (Å²) in [7, 11) is 0. The Morgan fingerprint density at radius 2 is 2.10 bits per heavy atom. The third kappa shape index (κ3) is 3.06. The third-order valence-corrected chi connectivity index (χ3v) is 4.67. The van der Waals surface area contributed by atoms with E-state index in [2.05, 4.69) is 5.32 Å². The Hall–Kier alpha value is -0.480. The minimum Gasteiger partial charge on any atom is -0.338 e. The number of likely N-dealkylation sites (tertiary alicyclic amines) is 1. The van der Waals surface area contributed by atoms with E-state index in [0.29, 0.717) is 27.6 Å². The summed E-state index contributed by atoms with van der Waals surface area (Å²) in [4.78, 5) is 14.4. The zero-order chi connectivity index (χ0) is 13.4. The van der Waals surface area contributed by atoms with E-state index in [0.717, 1.165) is 32.5 Å². The van der Waals surface area contributed by atoms with Crippen molar-refractivity contribution in [2.24, 2.45) is 5.92 Å². The molecule has 2 unspecified atom stereocenters. The molecule has 2 aliphatic rings. The van der Waals surface area contributed by atoms with Crippen LogP contribution in [0, 0.1) is 5.92 Å². The highest BCUT2D eigenvalue weighted by Gasteiger charge is 2.34. The molecule has 3 nitrogen and oxygen atoms in total. The molecule has 1 N–H and O–H groups in total. The molecule has 0 aromatic heterocycles. The maximum atomic E-state index is 12.5. The zero-order valence-electron chi connectivity index (χ0n) is 10.9. The summed E-state index contributed by atoms with van der Waals surface area (Å²) in [6.45, 7) is 2.67. The van der Waals surface area contributed by atoms with Gasteiger partial charge in [-0.2, -0.15) is 0 Å². The van der Waals surface area contributed by atoms with Crippen LogP contribution in [0.15, 0.2) is 18.2 Å². The van der Waals surface area contributed by atoms with Crippen molar-refractivity contribution >= 4 is 41.5 Å². The highest BCUT2D eigenvalue weighted by atomic mass is 35.5. The van der Waals surface area contributed by atoms with Crippen molar-refractivity contribution in [3.63, 3.8) is 0 Å². The number of rotatable bonds is 1. The van der Waals surface area contributed by atoms with E-state index < -0.39 is 0 Å². The molecular formula is C14H17Cl3N2O. The van der Waals surface area contributed by atoms with E-state index in [1.807, 2.05) is 4.90 Å². The number of nitrogens with one attached hydrogen (secondary N) is 1. The number of hydrogen-bond donors (Lipinski definition) is 1. The number of amides is 1. The highest BCUT2D eigenvalue weighted by Crippen LogP contribution is 2.28. The lowest BCUT2D eigenvalue weighted by Gasteiger charge is -2.35. The molecule has 2 fully saturated rings. The Balaban J connectivity index is 0.00000147. The summed E-state index contributed by atoms with van der Waals surface area (Å²) in [5, 5.41) is 4.51. The molecule has 2 atom stereocenters. The van der Waals surface area contributed by atoms with Crippen molar-refractivity contribution < 1.29 is 4.79 Å². The lowest BCUT2D eigenvalue weighted by Crippen LogP contribution is -2.46. The maximum Gasteiger partial charge on any atom is 0.255 e. The van der Waals surface area contributed by atoms with Crippen LogP contribution in [0.25, 0.3) is 0 Å². The molecule has 1 aromatic rings. The minimum atomic E-state index is -0.00199. The number of nitrogens with zero attached hydrogens (tertiary/aromatic N) is 1. The van der Waals surface area contributed by atoms with Gasteiger partial charge in [0, 0.05) is 24.2 Å². The number of carbonyl (C=O) groups is 1. The summed E-state index contributed by atoms with van der Waals surface area (Å²) in [5.74, 6) is 0.577. The molecule has 2 aliphatic heterocycles. The first-order chi connectivity index (χ1) is 9.15. The first-order valence-electron chi connectivity index (χ1n) is 6.63. The van der Waals surface area contributed by atoms with Gasteiger partial charge in [0.15, 0.2) is 0 Å². The summed E-state index contributed by atoms with van der Waals surface area (Å²) >= 11 is 12.1. The monoisotopic (exact) mass is 334 g/mol. The van der Waals surface area contributed by atoms with Crippen LogP contribution >= 0.6 is 35.6 Å². The lowest BCUT2D eigenvalue weighted by atomic mass is 9.93. The standard InChI is InChI=1S/C14H16Cl2N2O.ClH/c15-10-1-2-12(16)11(7-10)14(19)18-6-4-13-9(8-18)3-5-17-13;/h1-2,7,9,13,17H,3-6,8H2;1H. The molecule has 0 saturated carbocycles. The summed E-state index contributed by atoms with van der Waals surface area (Å²) in [6.07, 6.45) is 2.17. The molecule has 6 heteroatoms. The topological polar surface area (TPSA) is 32.3 Å². The fourth-order valence-electron chi connectivity index (χ4n) is 3.06. The Morgan fingerprint density at radius 1 is 1.30 bits per heavy atom. The highest BCUT2D eigenvalue weighted by molar-refractivity contribution is 6.35. The van der Waals surface area contributed by atoms with Gasteiger partial charge >= 0.3 is 0 Å². The molecule has 2 saturated heterocycles. The molecule has 1 amide bonds. The molecule has 2 heterocycles.